The van der Waals surface area contributed by atoms with Crippen LogP contribution in [0.15, 0.2) is 97.1 Å². The first-order valence-electron chi connectivity index (χ1n) is 14.7. The van der Waals surface area contributed by atoms with Crippen molar-refractivity contribution in [3.63, 3.8) is 0 Å². The lowest BCUT2D eigenvalue weighted by molar-refractivity contribution is -0.0823. The number of primary amides is 1. The van der Waals surface area contributed by atoms with Gasteiger partial charge in [-0.15, -0.1) is 0 Å². The zero-order valence-corrected chi connectivity index (χ0v) is 25.0. The van der Waals surface area contributed by atoms with Crippen LogP contribution in [0.5, 0.6) is 0 Å². The number of carbonyl (C=O) groups excluding carboxylic acids is 3. The predicted octanol–water partition coefficient (Wildman–Crippen LogP) is 6.32. The van der Waals surface area contributed by atoms with E-state index in [1.807, 2.05) is 30.3 Å². The van der Waals surface area contributed by atoms with Crippen molar-refractivity contribution in [2.75, 3.05) is 13.1 Å². The van der Waals surface area contributed by atoms with E-state index in [-0.39, 0.29) is 41.7 Å². The number of ketones is 1. The lowest BCUT2D eigenvalue weighted by Crippen LogP contribution is -2.61. The fourth-order valence-electron chi connectivity index (χ4n) is 6.14. The molecule has 0 radical (unpaired) electrons. The molecule has 0 aromatic heterocycles. The van der Waals surface area contributed by atoms with Gasteiger partial charge in [0, 0.05) is 23.6 Å². The van der Waals surface area contributed by atoms with Gasteiger partial charge in [0.25, 0.3) is 5.91 Å². The molecule has 1 fully saturated rings. The number of hydrogen-bond donors (Lipinski definition) is 2. The highest BCUT2D eigenvalue weighted by Gasteiger charge is 2.46. The van der Waals surface area contributed by atoms with Gasteiger partial charge >= 0.3 is 6.03 Å². The minimum Gasteiger partial charge on any atom is -0.371 e. The Hall–Kier alpha value is -4.49. The number of ether oxygens (including phenoxy) is 1. The summed E-state index contributed by atoms with van der Waals surface area (Å²) in [4.78, 5) is 39.6. The average molecular weight is 578 g/mol. The lowest BCUT2D eigenvalue weighted by Gasteiger charge is -2.50. The summed E-state index contributed by atoms with van der Waals surface area (Å²) in [5.41, 5.74) is 8.69. The average Bonchev–Trinajstić information content (AvgIpc) is 3.01. The molecule has 1 aliphatic heterocycles. The molecule has 3 amide bonds. The monoisotopic (exact) mass is 577 g/mol. The number of nitrogens with two attached hydrogens (primary N) is 1. The Morgan fingerprint density at radius 2 is 1.53 bits per heavy atom. The Morgan fingerprint density at radius 3 is 2.21 bits per heavy atom. The van der Waals surface area contributed by atoms with Crippen LogP contribution >= 0.6 is 0 Å². The van der Waals surface area contributed by atoms with E-state index in [0.29, 0.717) is 30.7 Å². The predicted molar refractivity (Wildman–Crippen MR) is 169 cm³/mol. The maximum absolute atomic E-state index is 12.8. The second kappa shape index (κ2) is 12.8. The molecular formula is C36H39N3O4. The highest BCUT2D eigenvalue weighted by Crippen LogP contribution is 2.41. The van der Waals surface area contributed by atoms with E-state index >= 15 is 0 Å². The molecule has 0 aliphatic carbocycles. The molecule has 3 atom stereocenters. The topological polar surface area (TPSA) is 102 Å². The summed E-state index contributed by atoms with van der Waals surface area (Å²) in [6.07, 6.45) is 0.352. The molecule has 43 heavy (non-hydrogen) atoms. The number of hydrogen-bond acceptors (Lipinski definition) is 4. The van der Waals surface area contributed by atoms with E-state index in [2.05, 4.69) is 56.4 Å². The molecule has 222 valence electrons. The molecular weight excluding hydrogens is 538 g/mol. The number of carbonyl (C=O) groups is 3. The Bertz CT molecular complexity index is 1590. The molecule has 3 N–H and O–H groups in total. The Morgan fingerprint density at radius 1 is 0.860 bits per heavy atom. The molecule has 1 heterocycles. The van der Waals surface area contributed by atoms with Gasteiger partial charge in [0.15, 0.2) is 5.78 Å². The van der Waals surface area contributed by atoms with Crippen LogP contribution in [0.1, 0.15) is 65.0 Å². The molecule has 0 spiro atoms. The minimum absolute atomic E-state index is 0.0166. The second-order valence-corrected chi connectivity index (χ2v) is 12.3. The number of piperidine rings is 1. The van der Waals surface area contributed by atoms with Crippen molar-refractivity contribution in [3.05, 3.63) is 119 Å². The van der Waals surface area contributed by atoms with Crippen molar-refractivity contribution in [2.45, 2.75) is 51.9 Å². The van der Waals surface area contributed by atoms with Crippen LogP contribution in [0.3, 0.4) is 0 Å². The van der Waals surface area contributed by atoms with Gasteiger partial charge in [-0.2, -0.15) is 0 Å². The third kappa shape index (κ3) is 6.95. The van der Waals surface area contributed by atoms with Gasteiger partial charge in [-0.1, -0.05) is 99.6 Å². The quantitative estimate of drug-likeness (QED) is 0.239. The number of urea groups is 1. The van der Waals surface area contributed by atoms with Crippen molar-refractivity contribution in [1.29, 1.82) is 0 Å². The summed E-state index contributed by atoms with van der Waals surface area (Å²) in [5.74, 6) is -0.473. The molecule has 4 aromatic carbocycles. The lowest BCUT2D eigenvalue weighted by atomic mass is 9.72. The van der Waals surface area contributed by atoms with E-state index in [1.54, 1.807) is 41.3 Å². The van der Waals surface area contributed by atoms with E-state index in [0.717, 1.165) is 16.5 Å². The standard InChI is InChI=1S/C36H39N3O4/c1-36(2,3)33-32(43-23-24-13-14-25-9-7-8-12-29(25)21-24)30(19-20-39(33)35(37)42)26-15-17-28(18-16-26)34(41)38-22-31(40)27-10-5-4-6-11-27/h4-18,21,30,32-33H,19-20,22-23H2,1-3H3,(H2,37,42)(H,38,41). The van der Waals surface area contributed by atoms with Gasteiger partial charge in [0.05, 0.1) is 25.3 Å². The number of fused-ring (bicyclic) bond motifs is 1. The van der Waals surface area contributed by atoms with Gasteiger partial charge in [0.2, 0.25) is 0 Å². The van der Waals surface area contributed by atoms with E-state index in [4.69, 9.17) is 10.5 Å². The molecule has 1 aliphatic rings. The number of amides is 3. The fourth-order valence-corrected chi connectivity index (χ4v) is 6.14. The summed E-state index contributed by atoms with van der Waals surface area (Å²) >= 11 is 0. The molecule has 0 bridgehead atoms. The molecule has 7 heteroatoms. The van der Waals surface area contributed by atoms with Crippen molar-refractivity contribution in [1.82, 2.24) is 10.2 Å². The molecule has 0 saturated carbocycles. The Labute approximate surface area is 253 Å². The largest absolute Gasteiger partial charge is 0.371 e. The first kappa shape index (κ1) is 30.0. The highest BCUT2D eigenvalue weighted by atomic mass is 16.5. The zero-order chi connectivity index (χ0) is 30.6. The van der Waals surface area contributed by atoms with Crippen LogP contribution in [0, 0.1) is 5.41 Å². The normalized spacial score (nSPS) is 18.8. The van der Waals surface area contributed by atoms with Crippen LogP contribution in [-0.2, 0) is 11.3 Å². The highest BCUT2D eigenvalue weighted by molar-refractivity contribution is 6.02. The number of nitrogens with one attached hydrogen (secondary N) is 1. The third-order valence-electron chi connectivity index (χ3n) is 8.26. The van der Waals surface area contributed by atoms with E-state index in [1.165, 1.54) is 5.39 Å². The summed E-state index contributed by atoms with van der Waals surface area (Å²) in [5, 5.41) is 5.05. The maximum atomic E-state index is 12.8. The molecule has 4 aromatic rings. The summed E-state index contributed by atoms with van der Waals surface area (Å²) in [6.45, 7) is 7.14. The third-order valence-corrected chi connectivity index (χ3v) is 8.26. The van der Waals surface area contributed by atoms with Crippen LogP contribution in [0.25, 0.3) is 10.8 Å². The molecule has 7 nitrogen and oxygen atoms in total. The van der Waals surface area contributed by atoms with Gasteiger partial charge in [-0.05, 0) is 51.9 Å². The smallest absolute Gasteiger partial charge is 0.315 e. The number of nitrogens with zero attached hydrogens (tertiary/aromatic N) is 1. The van der Waals surface area contributed by atoms with Crippen LogP contribution in [-0.4, -0.2) is 47.9 Å². The number of likely N-dealkylation sites (tertiary alicyclic amines) is 1. The number of rotatable bonds is 8. The number of benzene rings is 4. The van der Waals surface area contributed by atoms with Gasteiger partial charge in [-0.25, -0.2) is 4.79 Å². The van der Waals surface area contributed by atoms with Crippen LogP contribution in [0.2, 0.25) is 0 Å². The van der Waals surface area contributed by atoms with Crippen LogP contribution in [0.4, 0.5) is 4.79 Å². The fraction of sp³-hybridized carbons (Fsp3) is 0.306. The maximum Gasteiger partial charge on any atom is 0.315 e. The van der Waals surface area contributed by atoms with Crippen molar-refractivity contribution in [2.24, 2.45) is 11.1 Å². The minimum atomic E-state index is -0.449. The SMILES string of the molecule is CC(C)(C)C1C(OCc2ccc3ccccc3c2)C(c2ccc(C(=O)NCC(=O)c3ccccc3)cc2)CCN1C(N)=O. The van der Waals surface area contributed by atoms with Gasteiger partial charge in [-0.3, -0.25) is 9.59 Å². The van der Waals surface area contributed by atoms with E-state index < -0.39 is 6.03 Å². The van der Waals surface area contributed by atoms with Gasteiger partial charge in [0.1, 0.15) is 0 Å². The summed E-state index contributed by atoms with van der Waals surface area (Å²) < 4.78 is 6.72. The van der Waals surface area contributed by atoms with Crippen molar-refractivity contribution >= 4 is 28.5 Å². The summed E-state index contributed by atoms with van der Waals surface area (Å²) in [7, 11) is 0. The molecule has 1 saturated heterocycles. The van der Waals surface area contributed by atoms with Crippen LogP contribution < -0.4 is 11.1 Å². The first-order valence-corrected chi connectivity index (χ1v) is 14.7. The van der Waals surface area contributed by atoms with E-state index in [9.17, 15) is 14.4 Å². The molecule has 3 unspecified atom stereocenters. The zero-order valence-electron chi connectivity index (χ0n) is 25.0. The second-order valence-electron chi connectivity index (χ2n) is 12.3. The van der Waals surface area contributed by atoms with Crippen molar-refractivity contribution in [3.8, 4) is 0 Å². The molecule has 5 rings (SSSR count). The summed E-state index contributed by atoms with van der Waals surface area (Å²) in [6, 6.07) is 30.2. The van der Waals surface area contributed by atoms with Gasteiger partial charge < -0.3 is 20.7 Å². The first-order chi connectivity index (χ1) is 20.6. The van der Waals surface area contributed by atoms with Crippen molar-refractivity contribution < 1.29 is 19.1 Å². The number of Topliss-reactive ketones (excluding diaryl/α,β-unsaturated/α-hetero) is 1. The Kier molecular flexibility index (Phi) is 8.92. The Balaban J connectivity index is 1.35.